The molecule has 40 heavy (non-hydrogen) atoms. The number of hydrogen-bond acceptors (Lipinski definition) is 3. The van der Waals surface area contributed by atoms with Gasteiger partial charge < -0.3 is 15.1 Å². The summed E-state index contributed by atoms with van der Waals surface area (Å²) in [5, 5.41) is 3.01. The van der Waals surface area contributed by atoms with Crippen molar-refractivity contribution in [2.75, 3.05) is 32.7 Å². The summed E-state index contributed by atoms with van der Waals surface area (Å²) in [6.07, 6.45) is 22.8. The number of carbonyl (C=O) groups excluding carboxylic acids is 3. The normalized spacial score (nSPS) is 13.4. The highest BCUT2D eigenvalue weighted by Crippen LogP contribution is 2.14. The molecule has 0 saturated carbocycles. The van der Waals surface area contributed by atoms with Crippen LogP contribution in [0.25, 0.3) is 0 Å². The van der Waals surface area contributed by atoms with E-state index in [2.05, 4.69) is 12.2 Å². The fourth-order valence-electron chi connectivity index (χ4n) is 5.45. The van der Waals surface area contributed by atoms with Gasteiger partial charge in [0.05, 0.1) is 0 Å². The maximum Gasteiger partial charge on any atom is 0.253 e. The molecule has 0 aliphatic carbocycles. The van der Waals surface area contributed by atoms with E-state index >= 15 is 0 Å². The highest BCUT2D eigenvalue weighted by atomic mass is 16.2. The van der Waals surface area contributed by atoms with Crippen LogP contribution in [-0.2, 0) is 4.79 Å². The molecule has 0 bridgehead atoms. The van der Waals surface area contributed by atoms with Gasteiger partial charge in [-0.3, -0.25) is 14.4 Å². The van der Waals surface area contributed by atoms with Crippen molar-refractivity contribution in [3.05, 3.63) is 35.4 Å². The van der Waals surface area contributed by atoms with Crippen LogP contribution in [0.2, 0.25) is 0 Å². The van der Waals surface area contributed by atoms with Crippen LogP contribution < -0.4 is 5.32 Å². The van der Waals surface area contributed by atoms with Crippen molar-refractivity contribution in [2.24, 2.45) is 0 Å². The second-order valence-corrected chi connectivity index (χ2v) is 11.6. The molecule has 1 aromatic rings. The molecule has 0 spiro atoms. The zero-order valence-electron chi connectivity index (χ0n) is 25.7. The smallest absolute Gasteiger partial charge is 0.253 e. The van der Waals surface area contributed by atoms with Gasteiger partial charge >= 0.3 is 0 Å². The van der Waals surface area contributed by atoms with Crippen LogP contribution in [0.3, 0.4) is 0 Å². The van der Waals surface area contributed by atoms with Gasteiger partial charge in [0.2, 0.25) is 5.91 Å². The Balaban J connectivity index is 1.47. The number of hydrogen-bond donors (Lipinski definition) is 1. The highest BCUT2D eigenvalue weighted by Gasteiger charge is 2.24. The number of amides is 3. The summed E-state index contributed by atoms with van der Waals surface area (Å²) < 4.78 is 0. The Hall–Kier alpha value is -2.37. The monoisotopic (exact) mass is 555 g/mol. The van der Waals surface area contributed by atoms with Crippen LogP contribution in [0.5, 0.6) is 0 Å². The zero-order valence-corrected chi connectivity index (χ0v) is 25.7. The van der Waals surface area contributed by atoms with Crippen LogP contribution >= 0.6 is 0 Å². The SMILES string of the molecule is CCCCCCCCCCCCCCCCCCNC(=O)c1ccc(C(=O)N2CCN(C(=O)CCC)CC2)cc1. The molecule has 1 aliphatic rings. The van der Waals surface area contributed by atoms with Crippen molar-refractivity contribution in [3.63, 3.8) is 0 Å². The van der Waals surface area contributed by atoms with E-state index < -0.39 is 0 Å². The molecule has 1 saturated heterocycles. The van der Waals surface area contributed by atoms with Crippen molar-refractivity contribution in [3.8, 4) is 0 Å². The third-order valence-electron chi connectivity index (χ3n) is 8.09. The minimum Gasteiger partial charge on any atom is -0.352 e. The minimum atomic E-state index is -0.0805. The molecule has 1 N–H and O–H groups in total. The Morgan fingerprint density at radius 1 is 0.575 bits per heavy atom. The first-order valence-corrected chi connectivity index (χ1v) is 16.5. The van der Waals surface area contributed by atoms with Crippen LogP contribution in [0, 0.1) is 0 Å². The van der Waals surface area contributed by atoms with E-state index in [0.717, 1.165) is 19.3 Å². The highest BCUT2D eigenvalue weighted by molar-refractivity contribution is 5.98. The molecule has 6 nitrogen and oxygen atoms in total. The minimum absolute atomic E-state index is 0.0392. The van der Waals surface area contributed by atoms with Gasteiger partial charge in [0.25, 0.3) is 11.8 Å². The molecule has 6 heteroatoms. The number of rotatable bonds is 21. The summed E-state index contributed by atoms with van der Waals surface area (Å²) in [6.45, 7) is 7.25. The molecule has 1 aliphatic heterocycles. The lowest BCUT2D eigenvalue weighted by Crippen LogP contribution is -2.50. The third kappa shape index (κ3) is 13.8. The first-order valence-electron chi connectivity index (χ1n) is 16.5. The topological polar surface area (TPSA) is 69.7 Å². The second kappa shape index (κ2) is 21.4. The lowest BCUT2D eigenvalue weighted by atomic mass is 10.0. The first-order chi connectivity index (χ1) is 19.6. The average Bonchev–Trinajstić information content (AvgIpc) is 2.98. The summed E-state index contributed by atoms with van der Waals surface area (Å²) in [4.78, 5) is 41.1. The van der Waals surface area contributed by atoms with E-state index in [9.17, 15) is 14.4 Å². The van der Waals surface area contributed by atoms with Crippen LogP contribution in [0.4, 0.5) is 0 Å². The zero-order chi connectivity index (χ0) is 28.8. The van der Waals surface area contributed by atoms with Crippen molar-refractivity contribution < 1.29 is 14.4 Å². The maximum atomic E-state index is 12.9. The Labute approximate surface area is 244 Å². The Kier molecular flexibility index (Phi) is 18.1. The number of nitrogens with one attached hydrogen (secondary N) is 1. The van der Waals surface area contributed by atoms with Crippen LogP contribution in [0.15, 0.2) is 24.3 Å². The predicted octanol–water partition coefficient (Wildman–Crippen LogP) is 7.76. The van der Waals surface area contributed by atoms with E-state index in [0.29, 0.717) is 50.3 Å². The fraction of sp³-hybridized carbons (Fsp3) is 0.735. The Morgan fingerprint density at radius 2 is 1.00 bits per heavy atom. The molecule has 1 fully saturated rings. The lowest BCUT2D eigenvalue weighted by molar-refractivity contribution is -0.132. The molecule has 0 unspecified atom stereocenters. The van der Waals surface area contributed by atoms with Crippen LogP contribution in [-0.4, -0.2) is 60.2 Å². The summed E-state index contributed by atoms with van der Waals surface area (Å²) in [6, 6.07) is 6.94. The molecule has 0 aromatic heterocycles. The maximum absolute atomic E-state index is 12.9. The van der Waals surface area contributed by atoms with Crippen molar-refractivity contribution in [2.45, 2.75) is 129 Å². The summed E-state index contributed by atoms with van der Waals surface area (Å²) in [7, 11) is 0. The number of carbonyl (C=O) groups is 3. The summed E-state index contributed by atoms with van der Waals surface area (Å²) >= 11 is 0. The molecular weight excluding hydrogens is 498 g/mol. The lowest BCUT2D eigenvalue weighted by Gasteiger charge is -2.34. The van der Waals surface area contributed by atoms with E-state index in [1.54, 1.807) is 29.2 Å². The van der Waals surface area contributed by atoms with Gasteiger partial charge in [0, 0.05) is 50.3 Å². The quantitative estimate of drug-likeness (QED) is 0.158. The average molecular weight is 556 g/mol. The number of piperazine rings is 1. The van der Waals surface area contributed by atoms with E-state index in [-0.39, 0.29) is 17.7 Å². The first kappa shape index (κ1) is 33.8. The standard InChI is InChI=1S/C34H57N3O3/c1-3-5-6-7-8-9-10-11-12-13-14-15-16-17-18-19-25-35-33(39)30-21-23-31(24-22-30)34(40)37-28-26-36(27-29-37)32(38)20-4-2/h21-24H,3-20,25-29H2,1-2H3,(H,35,39). The largest absolute Gasteiger partial charge is 0.352 e. The number of benzene rings is 1. The molecule has 1 aromatic carbocycles. The molecule has 0 radical (unpaired) electrons. The third-order valence-corrected chi connectivity index (χ3v) is 8.09. The predicted molar refractivity (Wildman–Crippen MR) is 166 cm³/mol. The molecule has 1 heterocycles. The van der Waals surface area contributed by atoms with Crippen molar-refractivity contribution in [1.29, 1.82) is 0 Å². The fourth-order valence-corrected chi connectivity index (χ4v) is 5.45. The molecule has 0 atom stereocenters. The van der Waals surface area contributed by atoms with E-state index in [1.807, 2.05) is 11.8 Å². The van der Waals surface area contributed by atoms with Crippen molar-refractivity contribution >= 4 is 17.7 Å². The Morgan fingerprint density at radius 3 is 1.48 bits per heavy atom. The van der Waals surface area contributed by atoms with Gasteiger partial charge in [-0.05, 0) is 37.1 Å². The van der Waals surface area contributed by atoms with Gasteiger partial charge in [0.15, 0.2) is 0 Å². The molecule has 2 rings (SSSR count). The molecule has 3 amide bonds. The van der Waals surface area contributed by atoms with Crippen molar-refractivity contribution in [1.82, 2.24) is 15.1 Å². The number of nitrogens with zero attached hydrogens (tertiary/aromatic N) is 2. The molecular formula is C34H57N3O3. The van der Waals surface area contributed by atoms with Gasteiger partial charge in [-0.1, -0.05) is 110 Å². The van der Waals surface area contributed by atoms with Gasteiger partial charge in [-0.25, -0.2) is 0 Å². The van der Waals surface area contributed by atoms with Crippen LogP contribution in [0.1, 0.15) is 150 Å². The second-order valence-electron chi connectivity index (χ2n) is 11.6. The molecule has 226 valence electrons. The number of unbranched alkanes of at least 4 members (excludes halogenated alkanes) is 15. The summed E-state index contributed by atoms with van der Waals surface area (Å²) in [5.41, 5.74) is 1.17. The van der Waals surface area contributed by atoms with E-state index in [1.165, 1.54) is 89.9 Å². The van der Waals surface area contributed by atoms with Gasteiger partial charge in [-0.15, -0.1) is 0 Å². The van der Waals surface area contributed by atoms with E-state index in [4.69, 9.17) is 0 Å². The Bertz CT molecular complexity index is 831. The van der Waals surface area contributed by atoms with Gasteiger partial charge in [-0.2, -0.15) is 0 Å². The van der Waals surface area contributed by atoms with Gasteiger partial charge in [0.1, 0.15) is 0 Å². The summed E-state index contributed by atoms with van der Waals surface area (Å²) in [5.74, 6) is 0.0512.